The summed E-state index contributed by atoms with van der Waals surface area (Å²) in [5.41, 5.74) is 2.53. The average Bonchev–Trinajstić information content (AvgIpc) is 2.66. The third kappa shape index (κ3) is 2.97. The lowest BCUT2D eigenvalue weighted by atomic mass is 10.1. The van der Waals surface area contributed by atoms with Crippen molar-refractivity contribution in [3.63, 3.8) is 0 Å². The van der Waals surface area contributed by atoms with Crippen LogP contribution in [0.5, 0.6) is 0 Å². The van der Waals surface area contributed by atoms with Crippen LogP contribution in [0.3, 0.4) is 0 Å². The number of rotatable bonds is 4. The Bertz CT molecular complexity index is 665. The largest absolute Gasteiger partial charge is 0.348 e. The Morgan fingerprint density at radius 2 is 2.00 bits per heavy atom. The van der Waals surface area contributed by atoms with Crippen LogP contribution in [-0.2, 0) is 7.05 Å². The van der Waals surface area contributed by atoms with Crippen LogP contribution in [0, 0.1) is 13.8 Å². The molecule has 4 nitrogen and oxygen atoms in total. The van der Waals surface area contributed by atoms with E-state index in [0.717, 1.165) is 11.4 Å². The number of ketones is 1. The number of hydrogen-bond donors (Lipinski definition) is 1. The summed E-state index contributed by atoms with van der Waals surface area (Å²) in [5.74, 6) is 0.607. The van der Waals surface area contributed by atoms with Gasteiger partial charge in [0.05, 0.1) is 22.3 Å². The van der Waals surface area contributed by atoms with Gasteiger partial charge in [0.15, 0.2) is 5.78 Å². The molecule has 1 heterocycles. The fourth-order valence-electron chi connectivity index (χ4n) is 1.81. The summed E-state index contributed by atoms with van der Waals surface area (Å²) in [5, 5.41) is 3.85. The second-order valence-corrected chi connectivity index (χ2v) is 5.39. The molecule has 1 N–H and O–H groups in total. The molecule has 0 aliphatic heterocycles. The number of anilines is 1. The zero-order valence-corrected chi connectivity index (χ0v) is 13.0. The van der Waals surface area contributed by atoms with E-state index in [1.807, 2.05) is 25.5 Å². The number of carbonyl (C=O) groups is 1. The van der Waals surface area contributed by atoms with Crippen LogP contribution in [0.1, 0.15) is 21.7 Å². The SMILES string of the molecule is Cc1nc(NCC(=O)c2ccc(Cl)c(Cl)c2)n(C)c1C. The van der Waals surface area contributed by atoms with Gasteiger partial charge in [-0.25, -0.2) is 4.98 Å². The number of hydrogen-bond acceptors (Lipinski definition) is 3. The van der Waals surface area contributed by atoms with Crippen LogP contribution in [-0.4, -0.2) is 21.9 Å². The van der Waals surface area contributed by atoms with E-state index in [1.54, 1.807) is 18.2 Å². The fraction of sp³-hybridized carbons (Fsp3) is 0.286. The van der Waals surface area contributed by atoms with Gasteiger partial charge in [-0.2, -0.15) is 0 Å². The van der Waals surface area contributed by atoms with Crippen LogP contribution in [0.15, 0.2) is 18.2 Å². The quantitative estimate of drug-likeness (QED) is 0.877. The molecule has 0 aliphatic carbocycles. The Balaban J connectivity index is 2.08. The molecule has 106 valence electrons. The number of aryl methyl sites for hydroxylation is 1. The van der Waals surface area contributed by atoms with Gasteiger partial charge in [0.25, 0.3) is 0 Å². The summed E-state index contributed by atoms with van der Waals surface area (Å²) in [7, 11) is 1.90. The third-order valence-electron chi connectivity index (χ3n) is 3.27. The van der Waals surface area contributed by atoms with Crippen molar-refractivity contribution in [1.29, 1.82) is 0 Å². The zero-order valence-electron chi connectivity index (χ0n) is 11.5. The predicted octanol–water partition coefficient (Wildman–Crippen LogP) is 3.64. The topological polar surface area (TPSA) is 46.9 Å². The van der Waals surface area contributed by atoms with Crippen LogP contribution in [0.4, 0.5) is 5.95 Å². The second-order valence-electron chi connectivity index (χ2n) is 4.57. The average molecular weight is 312 g/mol. The minimum absolute atomic E-state index is 0.0677. The van der Waals surface area contributed by atoms with Gasteiger partial charge < -0.3 is 9.88 Å². The molecule has 0 unspecified atom stereocenters. The summed E-state index contributed by atoms with van der Waals surface area (Å²) < 4.78 is 1.91. The molecule has 0 atom stereocenters. The number of imidazole rings is 1. The van der Waals surface area contributed by atoms with Crippen molar-refractivity contribution in [3.8, 4) is 0 Å². The van der Waals surface area contributed by atoms with Crippen LogP contribution in [0.25, 0.3) is 0 Å². The zero-order chi connectivity index (χ0) is 14.9. The normalized spacial score (nSPS) is 10.7. The van der Waals surface area contributed by atoms with Crippen molar-refractivity contribution in [2.24, 2.45) is 7.05 Å². The number of benzene rings is 1. The van der Waals surface area contributed by atoms with Gasteiger partial charge in [-0.1, -0.05) is 23.2 Å². The molecular weight excluding hydrogens is 297 g/mol. The first-order valence-electron chi connectivity index (χ1n) is 6.12. The van der Waals surface area contributed by atoms with E-state index >= 15 is 0 Å². The van der Waals surface area contributed by atoms with Gasteiger partial charge in [-0.15, -0.1) is 0 Å². The molecule has 0 bridgehead atoms. The Labute approximate surface area is 127 Å². The predicted molar refractivity (Wildman–Crippen MR) is 82.0 cm³/mol. The number of carbonyl (C=O) groups excluding carboxylic acids is 1. The number of halogens is 2. The van der Waals surface area contributed by atoms with Crippen LogP contribution >= 0.6 is 23.2 Å². The van der Waals surface area contributed by atoms with Crippen molar-refractivity contribution in [2.45, 2.75) is 13.8 Å². The van der Waals surface area contributed by atoms with Crippen molar-refractivity contribution in [3.05, 3.63) is 45.2 Å². The molecule has 1 aromatic carbocycles. The Kier molecular flexibility index (Phi) is 4.35. The second kappa shape index (κ2) is 5.85. The smallest absolute Gasteiger partial charge is 0.203 e. The Morgan fingerprint density at radius 3 is 2.55 bits per heavy atom. The van der Waals surface area contributed by atoms with Crippen LogP contribution in [0.2, 0.25) is 10.0 Å². The fourth-order valence-corrected chi connectivity index (χ4v) is 2.10. The highest BCUT2D eigenvalue weighted by atomic mass is 35.5. The van der Waals surface area contributed by atoms with E-state index in [-0.39, 0.29) is 12.3 Å². The van der Waals surface area contributed by atoms with Gasteiger partial charge in [0.2, 0.25) is 5.95 Å². The summed E-state index contributed by atoms with van der Waals surface area (Å²) in [4.78, 5) is 16.4. The lowest BCUT2D eigenvalue weighted by Crippen LogP contribution is -2.16. The van der Waals surface area contributed by atoms with E-state index in [2.05, 4.69) is 10.3 Å². The third-order valence-corrected chi connectivity index (χ3v) is 4.01. The minimum Gasteiger partial charge on any atom is -0.348 e. The molecule has 1 aromatic heterocycles. The maximum absolute atomic E-state index is 12.1. The molecule has 20 heavy (non-hydrogen) atoms. The monoisotopic (exact) mass is 311 g/mol. The first-order valence-corrected chi connectivity index (χ1v) is 6.87. The van der Waals surface area contributed by atoms with Crippen molar-refractivity contribution < 1.29 is 4.79 Å². The van der Waals surface area contributed by atoms with Crippen molar-refractivity contribution in [2.75, 3.05) is 11.9 Å². The Hall–Kier alpha value is -1.52. The Morgan fingerprint density at radius 1 is 1.30 bits per heavy atom. The lowest BCUT2D eigenvalue weighted by Gasteiger charge is -2.07. The molecule has 2 rings (SSSR count). The lowest BCUT2D eigenvalue weighted by molar-refractivity contribution is 0.101. The van der Waals surface area contributed by atoms with Gasteiger partial charge in [-0.3, -0.25) is 4.79 Å². The number of nitrogens with one attached hydrogen (secondary N) is 1. The van der Waals surface area contributed by atoms with E-state index in [4.69, 9.17) is 23.2 Å². The first-order chi connectivity index (χ1) is 9.40. The molecule has 6 heteroatoms. The van der Waals surface area contributed by atoms with E-state index in [0.29, 0.717) is 21.6 Å². The number of aromatic nitrogens is 2. The highest BCUT2D eigenvalue weighted by molar-refractivity contribution is 6.42. The highest BCUT2D eigenvalue weighted by Gasteiger charge is 2.11. The van der Waals surface area contributed by atoms with E-state index in [9.17, 15) is 4.79 Å². The maximum atomic E-state index is 12.1. The van der Waals surface area contributed by atoms with Gasteiger partial charge >= 0.3 is 0 Å². The molecule has 0 radical (unpaired) electrons. The summed E-state index contributed by atoms with van der Waals surface area (Å²) in [6, 6.07) is 4.85. The minimum atomic E-state index is -0.0677. The van der Waals surface area contributed by atoms with Gasteiger partial charge in [0.1, 0.15) is 0 Å². The number of nitrogens with zero attached hydrogens (tertiary/aromatic N) is 2. The molecule has 0 spiro atoms. The van der Waals surface area contributed by atoms with E-state index in [1.165, 1.54) is 0 Å². The molecule has 0 fully saturated rings. The standard InChI is InChI=1S/C14H15Cl2N3O/c1-8-9(2)19(3)14(18-8)17-7-13(20)10-4-5-11(15)12(16)6-10/h4-6H,7H2,1-3H3,(H,17,18). The summed E-state index contributed by atoms with van der Waals surface area (Å²) in [6.07, 6.45) is 0. The molecule has 0 aliphatic rings. The van der Waals surface area contributed by atoms with Crippen LogP contribution < -0.4 is 5.32 Å². The van der Waals surface area contributed by atoms with Crippen molar-refractivity contribution >= 4 is 34.9 Å². The number of Topliss-reactive ketones (excluding diaryl/α,β-unsaturated/α-hetero) is 1. The van der Waals surface area contributed by atoms with Gasteiger partial charge in [0, 0.05) is 18.3 Å². The first kappa shape index (κ1) is 14.9. The molecular formula is C14H15Cl2N3O. The summed E-state index contributed by atoms with van der Waals surface area (Å²) >= 11 is 11.7. The molecule has 0 saturated heterocycles. The molecule has 0 saturated carbocycles. The molecule has 2 aromatic rings. The highest BCUT2D eigenvalue weighted by Crippen LogP contribution is 2.22. The molecule has 0 amide bonds. The summed E-state index contributed by atoms with van der Waals surface area (Å²) in [6.45, 7) is 4.07. The van der Waals surface area contributed by atoms with E-state index < -0.39 is 0 Å². The van der Waals surface area contributed by atoms with Crippen molar-refractivity contribution in [1.82, 2.24) is 9.55 Å². The van der Waals surface area contributed by atoms with Gasteiger partial charge in [-0.05, 0) is 32.0 Å². The maximum Gasteiger partial charge on any atom is 0.203 e.